The van der Waals surface area contributed by atoms with Crippen molar-refractivity contribution in [2.75, 3.05) is 0 Å². The average Bonchev–Trinajstić information content (AvgIpc) is 3.33. The summed E-state index contributed by atoms with van der Waals surface area (Å²) in [7, 11) is 0. The third-order valence-corrected chi connectivity index (χ3v) is 8.37. The Morgan fingerprint density at radius 1 is 0.575 bits per heavy atom. The van der Waals surface area contributed by atoms with Crippen molar-refractivity contribution < 1.29 is 0 Å². The van der Waals surface area contributed by atoms with Gasteiger partial charge in [0.1, 0.15) is 0 Å². The van der Waals surface area contributed by atoms with E-state index >= 15 is 0 Å². The lowest BCUT2D eigenvalue weighted by molar-refractivity contribution is 0.769. The van der Waals surface area contributed by atoms with Crippen LogP contribution in [0.15, 0.2) is 158 Å². The van der Waals surface area contributed by atoms with E-state index in [1.54, 1.807) is 6.20 Å². The first-order chi connectivity index (χ1) is 19.8. The van der Waals surface area contributed by atoms with Gasteiger partial charge < -0.3 is 5.73 Å². The fraction of sp³-hybridized carbons (Fsp3) is 0.0256. The van der Waals surface area contributed by atoms with Crippen LogP contribution in [0.3, 0.4) is 0 Å². The number of hydrogen-bond donors (Lipinski definition) is 1. The summed E-state index contributed by atoms with van der Waals surface area (Å²) in [6, 6.07) is 50.7. The maximum Gasteiger partial charge on any atom is 0.0714 e. The Labute approximate surface area is 235 Å². The molecule has 0 aromatic heterocycles. The van der Waals surface area contributed by atoms with Crippen LogP contribution in [0.2, 0.25) is 0 Å². The SMILES string of the molecule is C=C/C(=C\N)c1cccc(-c2cc3c(c4ccccc24)-c2ccccc2C3(c2ccccc2)c2ccccc2)c1. The highest BCUT2D eigenvalue weighted by Gasteiger charge is 2.46. The molecule has 6 aromatic carbocycles. The van der Waals surface area contributed by atoms with Crippen molar-refractivity contribution in [3.8, 4) is 22.3 Å². The lowest BCUT2D eigenvalue weighted by atomic mass is 9.67. The lowest BCUT2D eigenvalue weighted by Crippen LogP contribution is -2.28. The molecule has 0 aliphatic heterocycles. The zero-order valence-electron chi connectivity index (χ0n) is 22.2. The van der Waals surface area contributed by atoms with E-state index in [2.05, 4.69) is 146 Å². The minimum absolute atomic E-state index is 0.450. The number of nitrogens with two attached hydrogens (primary N) is 1. The molecule has 6 aromatic rings. The fourth-order valence-corrected chi connectivity index (χ4v) is 6.69. The smallest absolute Gasteiger partial charge is 0.0714 e. The van der Waals surface area contributed by atoms with Crippen LogP contribution in [-0.2, 0) is 5.41 Å². The molecule has 0 saturated heterocycles. The second kappa shape index (κ2) is 9.55. The Hall–Kier alpha value is -5.14. The van der Waals surface area contributed by atoms with Gasteiger partial charge in [-0.2, -0.15) is 0 Å². The Kier molecular flexibility index (Phi) is 5.72. The van der Waals surface area contributed by atoms with Crippen LogP contribution in [0, 0.1) is 0 Å². The summed E-state index contributed by atoms with van der Waals surface area (Å²) in [5.41, 5.74) is 17.6. The first-order valence-electron chi connectivity index (χ1n) is 13.7. The molecule has 2 N–H and O–H groups in total. The van der Waals surface area contributed by atoms with E-state index in [0.29, 0.717) is 0 Å². The van der Waals surface area contributed by atoms with E-state index in [1.165, 1.54) is 49.7 Å². The third-order valence-electron chi connectivity index (χ3n) is 8.37. The molecule has 0 unspecified atom stereocenters. The van der Waals surface area contributed by atoms with Gasteiger partial charge in [0, 0.05) is 6.20 Å². The van der Waals surface area contributed by atoms with Gasteiger partial charge in [0.05, 0.1) is 5.41 Å². The van der Waals surface area contributed by atoms with Gasteiger partial charge in [0.25, 0.3) is 0 Å². The molecule has 0 heterocycles. The van der Waals surface area contributed by atoms with Crippen LogP contribution in [-0.4, -0.2) is 0 Å². The van der Waals surface area contributed by atoms with E-state index in [9.17, 15) is 0 Å². The largest absolute Gasteiger partial charge is 0.404 e. The van der Waals surface area contributed by atoms with Crippen molar-refractivity contribution in [2.45, 2.75) is 5.41 Å². The molecule has 0 atom stereocenters. The van der Waals surface area contributed by atoms with Crippen LogP contribution < -0.4 is 5.73 Å². The first kappa shape index (κ1) is 23.9. The number of fused-ring (bicyclic) bond motifs is 5. The summed E-state index contributed by atoms with van der Waals surface area (Å²) in [6.07, 6.45) is 3.44. The molecule has 7 rings (SSSR count). The van der Waals surface area contributed by atoms with Gasteiger partial charge in [-0.3, -0.25) is 0 Å². The van der Waals surface area contributed by atoms with Gasteiger partial charge >= 0.3 is 0 Å². The molecule has 40 heavy (non-hydrogen) atoms. The minimum atomic E-state index is -0.450. The Balaban J connectivity index is 1.65. The molecule has 0 bridgehead atoms. The summed E-state index contributed by atoms with van der Waals surface area (Å²) in [5.74, 6) is 0. The highest BCUT2D eigenvalue weighted by atomic mass is 14.5. The normalized spacial score (nSPS) is 13.6. The molecule has 1 nitrogen and oxygen atoms in total. The number of hydrogen-bond acceptors (Lipinski definition) is 1. The number of benzene rings is 6. The Morgan fingerprint density at radius 3 is 1.88 bits per heavy atom. The molecule has 0 saturated carbocycles. The molecule has 0 radical (unpaired) electrons. The van der Waals surface area contributed by atoms with E-state index < -0.39 is 5.41 Å². The van der Waals surface area contributed by atoms with Gasteiger partial charge in [0.2, 0.25) is 0 Å². The summed E-state index contributed by atoms with van der Waals surface area (Å²) in [6.45, 7) is 3.97. The fourth-order valence-electron chi connectivity index (χ4n) is 6.69. The summed E-state index contributed by atoms with van der Waals surface area (Å²) in [4.78, 5) is 0. The highest BCUT2D eigenvalue weighted by molar-refractivity contribution is 6.10. The molecule has 0 amide bonds. The summed E-state index contributed by atoms with van der Waals surface area (Å²) < 4.78 is 0. The van der Waals surface area contributed by atoms with Crippen LogP contribution in [0.5, 0.6) is 0 Å². The van der Waals surface area contributed by atoms with E-state index in [4.69, 9.17) is 5.73 Å². The van der Waals surface area contributed by atoms with Crippen molar-refractivity contribution >= 4 is 16.3 Å². The molecule has 0 spiro atoms. The zero-order chi connectivity index (χ0) is 27.1. The number of rotatable bonds is 5. The molecule has 1 aliphatic rings. The summed E-state index contributed by atoms with van der Waals surface area (Å²) in [5, 5.41) is 2.50. The highest BCUT2D eigenvalue weighted by Crippen LogP contribution is 2.58. The van der Waals surface area contributed by atoms with E-state index in [1.807, 2.05) is 6.08 Å². The van der Waals surface area contributed by atoms with Crippen LogP contribution in [0.4, 0.5) is 0 Å². The zero-order valence-corrected chi connectivity index (χ0v) is 22.2. The van der Waals surface area contributed by atoms with E-state index in [0.717, 1.165) is 16.7 Å². The maximum absolute atomic E-state index is 5.95. The quantitative estimate of drug-likeness (QED) is 0.229. The van der Waals surface area contributed by atoms with Crippen molar-refractivity contribution in [2.24, 2.45) is 5.73 Å². The van der Waals surface area contributed by atoms with Crippen LogP contribution in [0.25, 0.3) is 38.6 Å². The van der Waals surface area contributed by atoms with Crippen LogP contribution in [0.1, 0.15) is 27.8 Å². The predicted molar refractivity (Wildman–Crippen MR) is 169 cm³/mol. The molecule has 0 fully saturated rings. The Morgan fingerprint density at radius 2 is 1.20 bits per heavy atom. The second-order valence-electron chi connectivity index (χ2n) is 10.3. The minimum Gasteiger partial charge on any atom is -0.404 e. The molecular weight excluding hydrogens is 482 g/mol. The molecule has 1 heteroatoms. The predicted octanol–water partition coefficient (Wildman–Crippen LogP) is 9.36. The van der Waals surface area contributed by atoms with E-state index in [-0.39, 0.29) is 0 Å². The van der Waals surface area contributed by atoms with Crippen molar-refractivity contribution in [1.29, 1.82) is 0 Å². The average molecular weight is 512 g/mol. The second-order valence-corrected chi connectivity index (χ2v) is 10.3. The van der Waals surface area contributed by atoms with Gasteiger partial charge in [0.15, 0.2) is 0 Å². The topological polar surface area (TPSA) is 26.0 Å². The van der Waals surface area contributed by atoms with Gasteiger partial charge in [-0.1, -0.05) is 140 Å². The van der Waals surface area contributed by atoms with Gasteiger partial charge in [-0.15, -0.1) is 0 Å². The van der Waals surface area contributed by atoms with Crippen molar-refractivity contribution in [1.82, 2.24) is 0 Å². The van der Waals surface area contributed by atoms with Gasteiger partial charge in [-0.05, 0) is 78.5 Å². The lowest BCUT2D eigenvalue weighted by Gasteiger charge is -2.34. The molecular formula is C39H29N. The van der Waals surface area contributed by atoms with Crippen molar-refractivity contribution in [3.63, 3.8) is 0 Å². The Bertz CT molecular complexity index is 1870. The monoisotopic (exact) mass is 511 g/mol. The first-order valence-corrected chi connectivity index (χ1v) is 13.7. The maximum atomic E-state index is 5.95. The third kappa shape index (κ3) is 3.41. The standard InChI is InChI=1S/C39H29N/c1-2-27(26-40)28-14-13-15-29(24-28)35-25-37-38(33-21-10-9-20-32(33)35)34-22-11-12-23-36(34)39(37,30-16-5-3-6-17-30)31-18-7-4-8-19-31/h2-26H,1,40H2/b27-26+. The van der Waals surface area contributed by atoms with Crippen LogP contribution >= 0.6 is 0 Å². The number of allylic oxidation sites excluding steroid dienone is 2. The molecule has 1 aliphatic carbocycles. The van der Waals surface area contributed by atoms with Crippen molar-refractivity contribution in [3.05, 3.63) is 186 Å². The van der Waals surface area contributed by atoms with Gasteiger partial charge in [-0.25, -0.2) is 0 Å². The summed E-state index contributed by atoms with van der Waals surface area (Å²) >= 11 is 0. The molecule has 190 valence electrons.